The predicted molar refractivity (Wildman–Crippen MR) is 81.3 cm³/mol. The van der Waals surface area contributed by atoms with Crippen molar-refractivity contribution in [1.82, 2.24) is 5.32 Å². The van der Waals surface area contributed by atoms with Crippen molar-refractivity contribution >= 4 is 17.3 Å². The maximum absolute atomic E-state index is 6.13. The Hall–Kier alpha value is -0.930. The van der Waals surface area contributed by atoms with Crippen LogP contribution in [0.1, 0.15) is 32.6 Å². The molecule has 19 heavy (non-hydrogen) atoms. The highest BCUT2D eigenvalue weighted by atomic mass is 35.5. The van der Waals surface area contributed by atoms with Gasteiger partial charge in [0.05, 0.1) is 12.1 Å². The van der Waals surface area contributed by atoms with Crippen LogP contribution in [0.4, 0.5) is 5.69 Å². The van der Waals surface area contributed by atoms with Gasteiger partial charge in [-0.15, -0.1) is 0 Å². The van der Waals surface area contributed by atoms with Gasteiger partial charge >= 0.3 is 0 Å². The molecule has 0 amide bonds. The molecule has 0 radical (unpaired) electrons. The van der Waals surface area contributed by atoms with E-state index < -0.39 is 0 Å². The fourth-order valence-corrected chi connectivity index (χ4v) is 2.91. The van der Waals surface area contributed by atoms with Crippen molar-refractivity contribution in [2.75, 3.05) is 19.0 Å². The fourth-order valence-electron chi connectivity index (χ4n) is 2.65. The molecule has 0 aliphatic carbocycles. The van der Waals surface area contributed by atoms with Crippen LogP contribution < -0.4 is 15.4 Å². The van der Waals surface area contributed by atoms with E-state index in [9.17, 15) is 0 Å². The van der Waals surface area contributed by atoms with Crippen LogP contribution in [0.3, 0.4) is 0 Å². The molecule has 1 fully saturated rings. The molecule has 1 heterocycles. The summed E-state index contributed by atoms with van der Waals surface area (Å²) in [4.78, 5) is 0. The van der Waals surface area contributed by atoms with Gasteiger partial charge < -0.3 is 15.4 Å². The number of benzene rings is 1. The molecule has 1 saturated heterocycles. The van der Waals surface area contributed by atoms with E-state index in [4.69, 9.17) is 16.3 Å². The number of methoxy groups -OCH3 is 1. The van der Waals surface area contributed by atoms with E-state index in [0.717, 1.165) is 18.7 Å². The Morgan fingerprint density at radius 3 is 2.95 bits per heavy atom. The van der Waals surface area contributed by atoms with Crippen molar-refractivity contribution in [2.24, 2.45) is 0 Å². The van der Waals surface area contributed by atoms with Gasteiger partial charge in [-0.3, -0.25) is 0 Å². The summed E-state index contributed by atoms with van der Waals surface area (Å²) >= 11 is 6.13. The summed E-state index contributed by atoms with van der Waals surface area (Å²) in [5.74, 6) is 0.716. The van der Waals surface area contributed by atoms with E-state index >= 15 is 0 Å². The van der Waals surface area contributed by atoms with E-state index in [2.05, 4.69) is 17.6 Å². The molecular formula is C15H23ClN2O. The van der Waals surface area contributed by atoms with Crippen LogP contribution in [-0.4, -0.2) is 25.7 Å². The smallest absolute Gasteiger partial charge is 0.137 e. The zero-order valence-electron chi connectivity index (χ0n) is 11.7. The van der Waals surface area contributed by atoms with Crippen LogP contribution in [0.15, 0.2) is 18.2 Å². The van der Waals surface area contributed by atoms with Crippen molar-refractivity contribution < 1.29 is 4.74 Å². The largest absolute Gasteiger partial charge is 0.495 e. The minimum atomic E-state index is 0.431. The first-order valence-electron chi connectivity index (χ1n) is 7.02. The number of rotatable bonds is 5. The van der Waals surface area contributed by atoms with Crippen LogP contribution in [0.25, 0.3) is 0 Å². The SMILES string of the molecule is COc1ccc(NC(C)CC2CCCCN2)cc1Cl. The third kappa shape index (κ3) is 4.29. The number of halogens is 1. The van der Waals surface area contributed by atoms with Crippen LogP contribution in [0, 0.1) is 0 Å². The fraction of sp³-hybridized carbons (Fsp3) is 0.600. The van der Waals surface area contributed by atoms with Gasteiger partial charge in [0.25, 0.3) is 0 Å². The summed E-state index contributed by atoms with van der Waals surface area (Å²) in [6.45, 7) is 3.38. The summed E-state index contributed by atoms with van der Waals surface area (Å²) in [6, 6.07) is 6.90. The van der Waals surface area contributed by atoms with E-state index in [-0.39, 0.29) is 0 Å². The zero-order chi connectivity index (χ0) is 13.7. The van der Waals surface area contributed by atoms with Crippen LogP contribution in [0.5, 0.6) is 5.75 Å². The van der Waals surface area contributed by atoms with E-state index in [1.54, 1.807) is 7.11 Å². The van der Waals surface area contributed by atoms with Crippen molar-refractivity contribution in [3.8, 4) is 5.75 Å². The highest BCUT2D eigenvalue weighted by Crippen LogP contribution is 2.27. The third-order valence-electron chi connectivity index (χ3n) is 3.62. The molecule has 0 spiro atoms. The highest BCUT2D eigenvalue weighted by molar-refractivity contribution is 6.32. The maximum atomic E-state index is 6.13. The number of hydrogen-bond donors (Lipinski definition) is 2. The normalized spacial score (nSPS) is 20.9. The molecule has 0 saturated carbocycles. The average molecular weight is 283 g/mol. The molecular weight excluding hydrogens is 260 g/mol. The second kappa shape index (κ2) is 7.01. The van der Waals surface area contributed by atoms with Crippen molar-refractivity contribution in [2.45, 2.75) is 44.7 Å². The monoisotopic (exact) mass is 282 g/mol. The zero-order valence-corrected chi connectivity index (χ0v) is 12.5. The van der Waals surface area contributed by atoms with E-state index in [1.165, 1.54) is 19.3 Å². The van der Waals surface area contributed by atoms with E-state index in [0.29, 0.717) is 22.9 Å². The summed E-state index contributed by atoms with van der Waals surface area (Å²) in [6.07, 6.45) is 5.09. The Bertz CT molecular complexity index is 405. The quantitative estimate of drug-likeness (QED) is 0.864. The van der Waals surface area contributed by atoms with Crippen LogP contribution in [-0.2, 0) is 0 Å². The number of piperidine rings is 1. The molecule has 2 atom stereocenters. The number of anilines is 1. The molecule has 1 aromatic rings. The number of hydrogen-bond acceptors (Lipinski definition) is 3. The summed E-state index contributed by atoms with van der Waals surface area (Å²) in [5, 5.41) is 7.73. The Morgan fingerprint density at radius 2 is 2.32 bits per heavy atom. The topological polar surface area (TPSA) is 33.3 Å². The van der Waals surface area contributed by atoms with Crippen molar-refractivity contribution in [1.29, 1.82) is 0 Å². The minimum Gasteiger partial charge on any atom is -0.495 e. The van der Waals surface area contributed by atoms with Crippen LogP contribution >= 0.6 is 11.6 Å². The molecule has 2 rings (SSSR count). The van der Waals surface area contributed by atoms with Gasteiger partial charge in [0.1, 0.15) is 5.75 Å². The highest BCUT2D eigenvalue weighted by Gasteiger charge is 2.15. The summed E-state index contributed by atoms with van der Waals surface area (Å²) in [5.41, 5.74) is 1.05. The lowest BCUT2D eigenvalue weighted by atomic mass is 9.99. The first-order chi connectivity index (χ1) is 9.19. The standard InChI is InChI=1S/C15H23ClN2O/c1-11(9-12-5-3-4-8-17-12)18-13-6-7-15(19-2)14(16)10-13/h6-7,10-12,17-18H,3-5,8-9H2,1-2H3. The Labute approximate surface area is 120 Å². The molecule has 1 aromatic carbocycles. The molecule has 106 valence electrons. The van der Waals surface area contributed by atoms with Gasteiger partial charge in [0, 0.05) is 17.8 Å². The first kappa shape index (κ1) is 14.5. The molecule has 2 N–H and O–H groups in total. The minimum absolute atomic E-state index is 0.431. The number of ether oxygens (including phenoxy) is 1. The molecule has 3 nitrogen and oxygen atoms in total. The van der Waals surface area contributed by atoms with Gasteiger partial charge in [-0.1, -0.05) is 18.0 Å². The summed E-state index contributed by atoms with van der Waals surface area (Å²) in [7, 11) is 1.63. The third-order valence-corrected chi connectivity index (χ3v) is 3.91. The van der Waals surface area contributed by atoms with Gasteiger partial charge in [-0.2, -0.15) is 0 Å². The second-order valence-corrected chi connectivity index (χ2v) is 5.68. The van der Waals surface area contributed by atoms with Crippen LogP contribution in [0.2, 0.25) is 5.02 Å². The molecule has 2 unspecified atom stereocenters. The Morgan fingerprint density at radius 1 is 1.47 bits per heavy atom. The molecule has 4 heteroatoms. The van der Waals surface area contributed by atoms with Crippen molar-refractivity contribution in [3.63, 3.8) is 0 Å². The first-order valence-corrected chi connectivity index (χ1v) is 7.40. The van der Waals surface area contributed by atoms with Crippen molar-refractivity contribution in [3.05, 3.63) is 23.2 Å². The maximum Gasteiger partial charge on any atom is 0.137 e. The Kier molecular flexibility index (Phi) is 5.34. The lowest BCUT2D eigenvalue weighted by molar-refractivity contribution is 0.371. The van der Waals surface area contributed by atoms with Gasteiger partial charge in [0.15, 0.2) is 0 Å². The van der Waals surface area contributed by atoms with Gasteiger partial charge in [-0.25, -0.2) is 0 Å². The molecule has 0 aromatic heterocycles. The lowest BCUT2D eigenvalue weighted by Crippen LogP contribution is -2.37. The lowest BCUT2D eigenvalue weighted by Gasteiger charge is -2.27. The predicted octanol–water partition coefficient (Wildman–Crippen LogP) is 3.68. The average Bonchev–Trinajstić information content (AvgIpc) is 2.40. The van der Waals surface area contributed by atoms with Gasteiger partial charge in [-0.05, 0) is 50.9 Å². The Balaban J connectivity index is 1.87. The van der Waals surface area contributed by atoms with Gasteiger partial charge in [0.2, 0.25) is 0 Å². The second-order valence-electron chi connectivity index (χ2n) is 5.28. The summed E-state index contributed by atoms with van der Waals surface area (Å²) < 4.78 is 5.16. The van der Waals surface area contributed by atoms with E-state index in [1.807, 2.05) is 18.2 Å². The molecule has 1 aliphatic heterocycles. The molecule has 1 aliphatic rings. The number of nitrogens with one attached hydrogen (secondary N) is 2. The molecule has 0 bridgehead atoms.